The van der Waals surface area contributed by atoms with Crippen molar-refractivity contribution in [2.45, 2.75) is 13.3 Å². The quantitative estimate of drug-likeness (QED) is 0.667. The highest BCUT2D eigenvalue weighted by molar-refractivity contribution is 5.91. The number of cyclic esters (lactones) is 1. The first-order valence-electron chi connectivity index (χ1n) is 6.01. The van der Waals surface area contributed by atoms with E-state index in [2.05, 4.69) is 5.32 Å². The van der Waals surface area contributed by atoms with Gasteiger partial charge in [-0.3, -0.25) is 0 Å². The highest BCUT2D eigenvalue weighted by atomic mass is 16.5. The average Bonchev–Trinajstić information content (AvgIpc) is 2.85. The Labute approximate surface area is 112 Å². The van der Waals surface area contributed by atoms with Crippen LogP contribution in [0.5, 0.6) is 11.5 Å². The van der Waals surface area contributed by atoms with Crippen molar-refractivity contribution in [2.24, 2.45) is 0 Å². The second-order valence-corrected chi connectivity index (χ2v) is 4.18. The number of carbonyl (C=O) groups is 1. The molecule has 0 radical (unpaired) electrons. The molecule has 0 amide bonds. The third kappa shape index (κ3) is 2.81. The zero-order valence-electron chi connectivity index (χ0n) is 11.3. The summed E-state index contributed by atoms with van der Waals surface area (Å²) in [6.45, 7) is 2.30. The van der Waals surface area contributed by atoms with Gasteiger partial charge in [-0.2, -0.15) is 0 Å². The second-order valence-electron chi connectivity index (χ2n) is 4.18. The van der Waals surface area contributed by atoms with Gasteiger partial charge in [-0.1, -0.05) is 0 Å². The summed E-state index contributed by atoms with van der Waals surface area (Å²) in [6, 6.07) is 5.46. The van der Waals surface area contributed by atoms with Gasteiger partial charge in [-0.15, -0.1) is 0 Å². The molecule has 0 atom stereocenters. The van der Waals surface area contributed by atoms with Crippen molar-refractivity contribution in [1.82, 2.24) is 0 Å². The van der Waals surface area contributed by atoms with Gasteiger partial charge >= 0.3 is 5.97 Å². The largest absolute Gasteiger partial charge is 0.497 e. The molecule has 0 aromatic heterocycles. The molecule has 0 saturated carbocycles. The Morgan fingerprint density at radius 2 is 2.11 bits per heavy atom. The molecule has 1 saturated heterocycles. The van der Waals surface area contributed by atoms with Crippen LogP contribution in [0.2, 0.25) is 0 Å². The molecular formula is C14H17NO4. The number of benzene rings is 1. The van der Waals surface area contributed by atoms with Gasteiger partial charge < -0.3 is 19.5 Å². The van der Waals surface area contributed by atoms with Crippen LogP contribution in [-0.4, -0.2) is 26.8 Å². The molecule has 1 aromatic rings. The molecule has 102 valence electrons. The Kier molecular flexibility index (Phi) is 3.94. The van der Waals surface area contributed by atoms with Gasteiger partial charge in [0.15, 0.2) is 0 Å². The second kappa shape index (κ2) is 5.65. The molecule has 5 heteroatoms. The predicted octanol–water partition coefficient (Wildman–Crippen LogP) is 2.34. The summed E-state index contributed by atoms with van der Waals surface area (Å²) in [4.78, 5) is 11.5. The Bertz CT molecular complexity index is 522. The third-order valence-electron chi connectivity index (χ3n) is 3.02. The van der Waals surface area contributed by atoms with Crippen LogP contribution in [0.3, 0.4) is 0 Å². The Morgan fingerprint density at radius 3 is 2.68 bits per heavy atom. The van der Waals surface area contributed by atoms with E-state index in [0.717, 1.165) is 11.4 Å². The van der Waals surface area contributed by atoms with E-state index in [4.69, 9.17) is 14.2 Å². The van der Waals surface area contributed by atoms with Crippen LogP contribution in [0.25, 0.3) is 0 Å². The van der Waals surface area contributed by atoms with E-state index in [9.17, 15) is 4.79 Å². The Morgan fingerprint density at radius 1 is 1.32 bits per heavy atom. The first-order chi connectivity index (χ1) is 9.15. The minimum atomic E-state index is -0.252. The van der Waals surface area contributed by atoms with E-state index in [1.807, 2.05) is 19.1 Å². The van der Waals surface area contributed by atoms with E-state index in [1.165, 1.54) is 0 Å². The van der Waals surface area contributed by atoms with Crippen LogP contribution in [-0.2, 0) is 9.53 Å². The van der Waals surface area contributed by atoms with Crippen molar-refractivity contribution < 1.29 is 19.0 Å². The number of allylic oxidation sites excluding steroid dienone is 1. The van der Waals surface area contributed by atoms with Gasteiger partial charge in [0.1, 0.15) is 11.5 Å². The molecule has 0 aliphatic carbocycles. The SMILES string of the molecule is COc1ccc(NC(C)=C2CCOC2=O)c(OC)c1. The lowest BCUT2D eigenvalue weighted by molar-refractivity contribution is -0.135. The van der Waals surface area contributed by atoms with Crippen molar-refractivity contribution in [1.29, 1.82) is 0 Å². The number of carbonyl (C=O) groups excluding carboxylic acids is 1. The van der Waals surface area contributed by atoms with Crippen LogP contribution >= 0.6 is 0 Å². The van der Waals surface area contributed by atoms with Crippen molar-refractivity contribution in [2.75, 3.05) is 26.1 Å². The number of anilines is 1. The molecule has 0 bridgehead atoms. The molecule has 1 aromatic carbocycles. The number of esters is 1. The lowest BCUT2D eigenvalue weighted by Crippen LogP contribution is -2.05. The number of nitrogens with one attached hydrogen (secondary N) is 1. The predicted molar refractivity (Wildman–Crippen MR) is 71.4 cm³/mol. The monoisotopic (exact) mass is 263 g/mol. The Balaban J connectivity index is 2.26. The minimum Gasteiger partial charge on any atom is -0.497 e. The van der Waals surface area contributed by atoms with Gasteiger partial charge in [0.25, 0.3) is 0 Å². The average molecular weight is 263 g/mol. The summed E-state index contributed by atoms with van der Waals surface area (Å²) in [5.41, 5.74) is 2.25. The summed E-state index contributed by atoms with van der Waals surface area (Å²) in [6.07, 6.45) is 0.635. The molecule has 1 fully saturated rings. The van der Waals surface area contributed by atoms with Crippen molar-refractivity contribution in [3.63, 3.8) is 0 Å². The van der Waals surface area contributed by atoms with Gasteiger partial charge in [0, 0.05) is 18.2 Å². The van der Waals surface area contributed by atoms with Crippen LogP contribution in [0.4, 0.5) is 5.69 Å². The van der Waals surface area contributed by atoms with Gasteiger partial charge in [-0.25, -0.2) is 4.79 Å². The van der Waals surface area contributed by atoms with Gasteiger partial charge in [0.05, 0.1) is 32.1 Å². The molecule has 1 aliphatic heterocycles. The summed E-state index contributed by atoms with van der Waals surface area (Å²) >= 11 is 0. The fraction of sp³-hybridized carbons (Fsp3) is 0.357. The first kappa shape index (κ1) is 13.3. The summed E-state index contributed by atoms with van der Waals surface area (Å²) in [7, 11) is 3.19. The molecule has 19 heavy (non-hydrogen) atoms. The highest BCUT2D eigenvalue weighted by Gasteiger charge is 2.21. The number of hydrogen-bond donors (Lipinski definition) is 1. The maximum Gasteiger partial charge on any atom is 0.335 e. The van der Waals surface area contributed by atoms with E-state index < -0.39 is 0 Å². The molecule has 1 aliphatic rings. The van der Waals surface area contributed by atoms with Gasteiger partial charge in [-0.05, 0) is 19.1 Å². The summed E-state index contributed by atoms with van der Waals surface area (Å²) < 4.78 is 15.4. The lowest BCUT2D eigenvalue weighted by Gasteiger charge is -2.13. The third-order valence-corrected chi connectivity index (χ3v) is 3.02. The first-order valence-corrected chi connectivity index (χ1v) is 6.01. The normalized spacial score (nSPS) is 16.9. The van der Waals surface area contributed by atoms with E-state index in [1.54, 1.807) is 20.3 Å². The molecule has 0 spiro atoms. The zero-order chi connectivity index (χ0) is 13.8. The number of rotatable bonds is 4. The molecule has 0 unspecified atom stereocenters. The maximum atomic E-state index is 11.5. The Hall–Kier alpha value is -2.17. The van der Waals surface area contributed by atoms with E-state index >= 15 is 0 Å². The fourth-order valence-electron chi connectivity index (χ4n) is 1.95. The maximum absolute atomic E-state index is 11.5. The number of ether oxygens (including phenoxy) is 3. The molecule has 2 rings (SSSR count). The number of hydrogen-bond acceptors (Lipinski definition) is 5. The summed E-state index contributed by atoms with van der Waals surface area (Å²) in [5.74, 6) is 1.12. The zero-order valence-corrected chi connectivity index (χ0v) is 11.3. The molecular weight excluding hydrogens is 246 g/mol. The minimum absolute atomic E-state index is 0.252. The van der Waals surface area contributed by atoms with Crippen molar-refractivity contribution in [3.05, 3.63) is 29.5 Å². The summed E-state index contributed by atoms with van der Waals surface area (Å²) in [5, 5.41) is 3.18. The van der Waals surface area contributed by atoms with Crippen LogP contribution in [0, 0.1) is 0 Å². The molecule has 1 N–H and O–H groups in total. The highest BCUT2D eigenvalue weighted by Crippen LogP contribution is 2.31. The lowest BCUT2D eigenvalue weighted by atomic mass is 10.1. The van der Waals surface area contributed by atoms with Crippen LogP contribution < -0.4 is 14.8 Å². The molecule has 5 nitrogen and oxygen atoms in total. The van der Waals surface area contributed by atoms with E-state index in [-0.39, 0.29) is 5.97 Å². The topological polar surface area (TPSA) is 56.8 Å². The molecule has 1 heterocycles. The smallest absolute Gasteiger partial charge is 0.335 e. The standard InChI is InChI=1S/C14H17NO4/c1-9(11-6-7-19-14(11)16)15-12-5-4-10(17-2)8-13(12)18-3/h4-5,8,15H,6-7H2,1-3H3. The van der Waals surface area contributed by atoms with Gasteiger partial charge in [0.2, 0.25) is 0 Å². The van der Waals surface area contributed by atoms with Crippen molar-refractivity contribution in [3.8, 4) is 11.5 Å². The number of methoxy groups -OCH3 is 2. The van der Waals surface area contributed by atoms with Crippen LogP contribution in [0.15, 0.2) is 29.5 Å². The van der Waals surface area contributed by atoms with Crippen LogP contribution in [0.1, 0.15) is 13.3 Å². The van der Waals surface area contributed by atoms with E-state index in [0.29, 0.717) is 30.1 Å². The fourth-order valence-corrected chi connectivity index (χ4v) is 1.95. The van der Waals surface area contributed by atoms with Crippen molar-refractivity contribution >= 4 is 11.7 Å².